The van der Waals surface area contributed by atoms with Crippen LogP contribution in [0.2, 0.25) is 0 Å². The fourth-order valence-electron chi connectivity index (χ4n) is 1.84. The largest absolute Gasteiger partial charge is 0.496 e. The van der Waals surface area contributed by atoms with E-state index in [0.29, 0.717) is 23.4 Å². The van der Waals surface area contributed by atoms with E-state index in [4.69, 9.17) is 16.3 Å². The van der Waals surface area contributed by atoms with Crippen molar-refractivity contribution in [2.75, 3.05) is 7.11 Å². The van der Waals surface area contributed by atoms with Crippen LogP contribution in [-0.4, -0.2) is 13.4 Å². The predicted octanol–water partition coefficient (Wildman–Crippen LogP) is 2.49. The highest BCUT2D eigenvalue weighted by atomic mass is 35.5. The van der Waals surface area contributed by atoms with Crippen molar-refractivity contribution in [1.29, 1.82) is 0 Å². The third kappa shape index (κ3) is 1.77. The van der Waals surface area contributed by atoms with Gasteiger partial charge in [-0.3, -0.25) is 4.79 Å². The molecule has 0 radical (unpaired) electrons. The molecule has 3 heteroatoms. The Bertz CT molecular complexity index is 435. The molecule has 0 heterocycles. The van der Waals surface area contributed by atoms with Crippen LogP contribution in [0.3, 0.4) is 0 Å². The van der Waals surface area contributed by atoms with E-state index in [-0.39, 0.29) is 0 Å². The maximum Gasteiger partial charge on any atom is 0.147 e. The molecule has 0 unspecified atom stereocenters. The average molecular weight is 223 g/mol. The number of aldehydes is 1. The van der Waals surface area contributed by atoms with Crippen molar-refractivity contribution in [2.45, 2.75) is 12.8 Å². The van der Waals surface area contributed by atoms with Gasteiger partial charge in [-0.2, -0.15) is 0 Å². The summed E-state index contributed by atoms with van der Waals surface area (Å²) in [6.07, 6.45) is 2.03. The van der Waals surface area contributed by atoms with E-state index >= 15 is 0 Å². The minimum Gasteiger partial charge on any atom is -0.496 e. The van der Waals surface area contributed by atoms with Crippen LogP contribution in [0.15, 0.2) is 28.8 Å². The second-order valence-corrected chi connectivity index (χ2v) is 3.96. The van der Waals surface area contributed by atoms with Crippen molar-refractivity contribution in [2.24, 2.45) is 0 Å². The molecule has 1 aromatic rings. The van der Waals surface area contributed by atoms with Crippen molar-refractivity contribution in [3.63, 3.8) is 0 Å². The maximum atomic E-state index is 10.8. The lowest BCUT2D eigenvalue weighted by atomic mass is 9.91. The van der Waals surface area contributed by atoms with Gasteiger partial charge in [0.25, 0.3) is 0 Å². The number of fused-ring (bicyclic) bond motifs is 1. The molecule has 1 aliphatic carbocycles. The first kappa shape index (κ1) is 10.2. The number of hydrogen-bond donors (Lipinski definition) is 0. The number of benzene rings is 1. The molecule has 1 aliphatic rings. The van der Waals surface area contributed by atoms with Crippen molar-refractivity contribution in [3.05, 3.63) is 39.9 Å². The summed E-state index contributed by atoms with van der Waals surface area (Å²) < 4.78 is 5.26. The van der Waals surface area contributed by atoms with Crippen LogP contribution < -0.4 is 4.74 Å². The van der Waals surface area contributed by atoms with Crippen molar-refractivity contribution < 1.29 is 9.53 Å². The number of ether oxygens (including phenoxy) is 1. The highest BCUT2D eigenvalue weighted by molar-refractivity contribution is 6.31. The lowest BCUT2D eigenvalue weighted by molar-refractivity contribution is -0.105. The van der Waals surface area contributed by atoms with Gasteiger partial charge in [0.05, 0.1) is 7.11 Å². The fourth-order valence-corrected chi connectivity index (χ4v) is 2.10. The van der Waals surface area contributed by atoms with Gasteiger partial charge in [0.15, 0.2) is 0 Å². The molecule has 78 valence electrons. The number of rotatable bonds is 2. The Balaban J connectivity index is 2.47. The zero-order valence-electron chi connectivity index (χ0n) is 8.42. The Morgan fingerprint density at radius 1 is 1.40 bits per heavy atom. The van der Waals surface area contributed by atoms with Gasteiger partial charge in [-0.1, -0.05) is 23.7 Å². The van der Waals surface area contributed by atoms with E-state index in [1.54, 1.807) is 7.11 Å². The molecule has 0 aliphatic heterocycles. The zero-order valence-corrected chi connectivity index (χ0v) is 9.17. The number of carbonyl (C=O) groups is 1. The minimum absolute atomic E-state index is 0.571. The second kappa shape index (κ2) is 4.07. The Morgan fingerprint density at radius 3 is 2.87 bits per heavy atom. The van der Waals surface area contributed by atoms with Crippen LogP contribution in [0.4, 0.5) is 0 Å². The van der Waals surface area contributed by atoms with E-state index in [1.165, 1.54) is 0 Å². The number of halogens is 1. The number of methoxy groups -OCH3 is 1. The second-order valence-electron chi connectivity index (χ2n) is 3.50. The topological polar surface area (TPSA) is 26.3 Å². The van der Waals surface area contributed by atoms with Crippen molar-refractivity contribution >= 4 is 17.9 Å². The molecule has 0 atom stereocenters. The monoisotopic (exact) mass is 222 g/mol. The smallest absolute Gasteiger partial charge is 0.147 e. The molecule has 0 fully saturated rings. The van der Waals surface area contributed by atoms with Gasteiger partial charge >= 0.3 is 0 Å². The van der Waals surface area contributed by atoms with E-state index in [0.717, 1.165) is 23.2 Å². The van der Waals surface area contributed by atoms with Gasteiger partial charge in [-0.15, -0.1) is 0 Å². The van der Waals surface area contributed by atoms with Crippen molar-refractivity contribution in [3.8, 4) is 5.75 Å². The molecule has 1 aromatic carbocycles. The van der Waals surface area contributed by atoms with Crippen molar-refractivity contribution in [1.82, 2.24) is 0 Å². The fraction of sp³-hybridized carbons (Fsp3) is 0.250. The number of carbonyl (C=O) groups excluding carboxylic acids is 1. The van der Waals surface area contributed by atoms with Crippen LogP contribution in [0.25, 0.3) is 0 Å². The molecule has 2 nitrogen and oxygen atoms in total. The number of allylic oxidation sites excluding steroid dienone is 2. The van der Waals surface area contributed by atoms with Gasteiger partial charge < -0.3 is 4.74 Å². The van der Waals surface area contributed by atoms with Gasteiger partial charge in [-0.25, -0.2) is 0 Å². The summed E-state index contributed by atoms with van der Waals surface area (Å²) in [6, 6.07) is 5.86. The van der Waals surface area contributed by atoms with E-state index in [9.17, 15) is 4.79 Å². The van der Waals surface area contributed by atoms with E-state index < -0.39 is 0 Å². The zero-order chi connectivity index (χ0) is 10.8. The Labute approximate surface area is 93.5 Å². The third-order valence-electron chi connectivity index (χ3n) is 2.65. The molecule has 0 spiro atoms. The average Bonchev–Trinajstić information content (AvgIpc) is 2.27. The number of hydrogen-bond acceptors (Lipinski definition) is 2. The van der Waals surface area contributed by atoms with Crippen LogP contribution >= 0.6 is 11.6 Å². The summed E-state index contributed by atoms with van der Waals surface area (Å²) in [5, 5.41) is 0.644. The van der Waals surface area contributed by atoms with Gasteiger partial charge in [0.1, 0.15) is 12.0 Å². The summed E-state index contributed by atoms with van der Waals surface area (Å²) in [5.41, 5.74) is 2.88. The maximum absolute atomic E-state index is 10.8. The minimum atomic E-state index is 0.571. The predicted molar refractivity (Wildman–Crippen MR) is 59.3 cm³/mol. The first-order valence-electron chi connectivity index (χ1n) is 4.73. The summed E-state index contributed by atoms with van der Waals surface area (Å²) in [7, 11) is 1.64. The molecular weight excluding hydrogens is 212 g/mol. The standard InChI is InChI=1S/C12H11ClO2/c1-15-12-4-2-3-8-6-11(13)9(7-14)5-10(8)12/h2-4,7H,5-6H2,1H3. The summed E-state index contributed by atoms with van der Waals surface area (Å²) >= 11 is 6.01. The first-order chi connectivity index (χ1) is 7.26. The summed E-state index contributed by atoms with van der Waals surface area (Å²) in [5.74, 6) is 0.830. The normalized spacial score (nSPS) is 14.8. The Kier molecular flexibility index (Phi) is 2.78. The summed E-state index contributed by atoms with van der Waals surface area (Å²) in [6.45, 7) is 0. The molecule has 0 amide bonds. The van der Waals surface area contributed by atoms with E-state index in [2.05, 4.69) is 0 Å². The Morgan fingerprint density at radius 2 is 2.20 bits per heavy atom. The molecule has 0 saturated heterocycles. The lowest BCUT2D eigenvalue weighted by Gasteiger charge is -2.19. The summed E-state index contributed by atoms with van der Waals surface area (Å²) in [4.78, 5) is 10.8. The van der Waals surface area contributed by atoms with Crippen LogP contribution in [0, 0.1) is 0 Å². The van der Waals surface area contributed by atoms with E-state index in [1.807, 2.05) is 18.2 Å². The molecule has 0 saturated carbocycles. The molecule has 0 N–H and O–H groups in total. The molecule has 0 bridgehead atoms. The van der Waals surface area contributed by atoms with Crippen LogP contribution in [0.1, 0.15) is 11.1 Å². The van der Waals surface area contributed by atoms with Crippen LogP contribution in [-0.2, 0) is 17.6 Å². The SMILES string of the molecule is COc1cccc2c1CC(C=O)=C(Cl)C2. The van der Waals surface area contributed by atoms with Gasteiger partial charge in [0, 0.05) is 29.0 Å². The molecular formula is C12H11ClO2. The molecule has 15 heavy (non-hydrogen) atoms. The Hall–Kier alpha value is -1.28. The van der Waals surface area contributed by atoms with Gasteiger partial charge in [-0.05, 0) is 11.6 Å². The third-order valence-corrected chi connectivity index (χ3v) is 3.03. The lowest BCUT2D eigenvalue weighted by Crippen LogP contribution is -2.08. The first-order valence-corrected chi connectivity index (χ1v) is 5.11. The molecule has 0 aromatic heterocycles. The van der Waals surface area contributed by atoms with Crippen LogP contribution in [0.5, 0.6) is 5.75 Å². The quantitative estimate of drug-likeness (QED) is 0.719. The highest BCUT2D eigenvalue weighted by Gasteiger charge is 2.19. The highest BCUT2D eigenvalue weighted by Crippen LogP contribution is 2.32. The molecule has 2 rings (SSSR count). The van der Waals surface area contributed by atoms with Gasteiger partial charge in [0.2, 0.25) is 0 Å².